The lowest BCUT2D eigenvalue weighted by Crippen LogP contribution is -2.39. The third-order valence-electron chi connectivity index (χ3n) is 5.50. The number of imidazole rings is 1. The van der Waals surface area contributed by atoms with E-state index in [0.717, 1.165) is 22.1 Å². The van der Waals surface area contributed by atoms with E-state index < -0.39 is 10.0 Å². The molecule has 146 valence electrons. The van der Waals surface area contributed by atoms with Crippen LogP contribution in [0.2, 0.25) is 0 Å². The third kappa shape index (κ3) is 2.48. The van der Waals surface area contributed by atoms with Crippen molar-refractivity contribution in [3.63, 3.8) is 0 Å². The number of pyridine rings is 1. The molecule has 0 spiro atoms. The monoisotopic (exact) mass is 400 g/mol. The van der Waals surface area contributed by atoms with E-state index in [1.54, 1.807) is 20.0 Å². The summed E-state index contributed by atoms with van der Waals surface area (Å²) in [5.41, 5.74) is 3.12. The lowest BCUT2D eigenvalue weighted by atomic mass is 10.1. The second-order valence-corrected chi connectivity index (χ2v) is 9.05. The molecule has 4 aromatic rings. The summed E-state index contributed by atoms with van der Waals surface area (Å²) < 4.78 is 34.8. The van der Waals surface area contributed by atoms with Gasteiger partial charge in [-0.15, -0.1) is 0 Å². The molecule has 0 atom stereocenters. The quantitative estimate of drug-likeness (QED) is 0.566. The van der Waals surface area contributed by atoms with Crippen molar-refractivity contribution in [1.82, 2.24) is 29.0 Å². The number of rotatable bonds is 3. The minimum absolute atomic E-state index is 0.182. The van der Waals surface area contributed by atoms with Gasteiger partial charge in [0.25, 0.3) is 0 Å². The molecular weight excluding hydrogens is 380 g/mol. The van der Waals surface area contributed by atoms with Crippen molar-refractivity contribution in [2.24, 2.45) is 0 Å². The standard InChI is InChI=1S/C18H20N6O3S/c1-11-17(12(2)27-22-11)28(25,26)23-7-4-13(5-8-23)24-10-21-15-9-20-18-14(16(15)24)3-6-19-18/h3,6,9-10,13H,4-5,7-8H2,1-2H3,(H,19,20). The summed E-state index contributed by atoms with van der Waals surface area (Å²) in [5.74, 6) is 0.336. The Labute approximate surface area is 161 Å². The second kappa shape index (κ2) is 6.14. The molecule has 0 saturated carbocycles. The molecule has 9 nitrogen and oxygen atoms in total. The number of H-pyrrole nitrogens is 1. The molecule has 0 aliphatic carbocycles. The molecule has 28 heavy (non-hydrogen) atoms. The number of aromatic amines is 1. The summed E-state index contributed by atoms with van der Waals surface area (Å²) >= 11 is 0. The Morgan fingerprint density at radius 2 is 2.00 bits per heavy atom. The minimum Gasteiger partial charge on any atom is -0.360 e. The van der Waals surface area contributed by atoms with Gasteiger partial charge in [-0.2, -0.15) is 4.31 Å². The number of nitrogens with zero attached hydrogens (tertiary/aromatic N) is 5. The highest BCUT2D eigenvalue weighted by molar-refractivity contribution is 7.89. The predicted octanol–water partition coefficient (Wildman–Crippen LogP) is 2.54. The number of aryl methyl sites for hydroxylation is 2. The van der Waals surface area contributed by atoms with Crippen LogP contribution in [0.25, 0.3) is 22.1 Å². The SMILES string of the molecule is Cc1noc(C)c1S(=O)(=O)N1CCC(n2cnc3cnc4[nH]ccc4c32)CC1. The zero-order chi connectivity index (χ0) is 19.5. The first-order chi connectivity index (χ1) is 13.5. The molecule has 5 rings (SSSR count). The van der Waals surface area contributed by atoms with Gasteiger partial charge in [0.15, 0.2) is 5.76 Å². The fourth-order valence-electron chi connectivity index (χ4n) is 4.14. The van der Waals surface area contributed by atoms with Gasteiger partial charge >= 0.3 is 0 Å². The molecule has 0 aromatic carbocycles. The molecule has 0 amide bonds. The van der Waals surface area contributed by atoms with Gasteiger partial charge in [0.1, 0.15) is 21.8 Å². The highest BCUT2D eigenvalue weighted by atomic mass is 32.2. The van der Waals surface area contributed by atoms with Crippen LogP contribution in [0.4, 0.5) is 0 Å². The number of piperidine rings is 1. The van der Waals surface area contributed by atoms with Crippen LogP contribution in [-0.2, 0) is 10.0 Å². The van der Waals surface area contributed by atoms with Gasteiger partial charge in [-0.1, -0.05) is 5.16 Å². The zero-order valence-corrected chi connectivity index (χ0v) is 16.4. The van der Waals surface area contributed by atoms with Gasteiger partial charge in [0.2, 0.25) is 10.0 Å². The molecule has 1 aliphatic rings. The Bertz CT molecular complexity index is 1260. The molecule has 1 N–H and O–H groups in total. The molecule has 1 fully saturated rings. The van der Waals surface area contributed by atoms with E-state index in [2.05, 4.69) is 24.7 Å². The summed E-state index contributed by atoms with van der Waals surface area (Å²) in [7, 11) is -3.60. The fourth-order valence-corrected chi connectivity index (χ4v) is 5.90. The van der Waals surface area contributed by atoms with Crippen molar-refractivity contribution in [3.8, 4) is 0 Å². The zero-order valence-electron chi connectivity index (χ0n) is 15.6. The van der Waals surface area contributed by atoms with E-state index in [9.17, 15) is 8.42 Å². The molecule has 0 bridgehead atoms. The normalized spacial score (nSPS) is 17.1. The number of hydrogen-bond acceptors (Lipinski definition) is 6. The maximum Gasteiger partial charge on any atom is 0.248 e. The van der Waals surface area contributed by atoms with E-state index in [0.29, 0.717) is 37.4 Å². The van der Waals surface area contributed by atoms with E-state index >= 15 is 0 Å². The fraction of sp³-hybridized carbons (Fsp3) is 0.389. The van der Waals surface area contributed by atoms with Crippen LogP contribution in [0, 0.1) is 13.8 Å². The average Bonchev–Trinajstić information content (AvgIpc) is 3.39. The summed E-state index contributed by atoms with van der Waals surface area (Å²) in [4.78, 5) is 12.2. The maximum absolute atomic E-state index is 13.0. The second-order valence-electron chi connectivity index (χ2n) is 7.17. The first kappa shape index (κ1) is 17.4. The number of nitrogens with one attached hydrogen (secondary N) is 1. The number of aromatic nitrogens is 5. The highest BCUT2D eigenvalue weighted by Crippen LogP contribution is 2.32. The highest BCUT2D eigenvalue weighted by Gasteiger charge is 2.34. The van der Waals surface area contributed by atoms with E-state index in [4.69, 9.17) is 4.52 Å². The van der Waals surface area contributed by atoms with Crippen LogP contribution >= 0.6 is 0 Å². The summed E-state index contributed by atoms with van der Waals surface area (Å²) in [6, 6.07) is 2.18. The van der Waals surface area contributed by atoms with Crippen LogP contribution in [0.3, 0.4) is 0 Å². The van der Waals surface area contributed by atoms with Crippen LogP contribution in [0.15, 0.2) is 34.2 Å². The van der Waals surface area contributed by atoms with Crippen molar-refractivity contribution in [2.75, 3.05) is 13.1 Å². The molecule has 1 saturated heterocycles. The number of sulfonamides is 1. The molecule has 10 heteroatoms. The Hall–Kier alpha value is -2.72. The van der Waals surface area contributed by atoms with Gasteiger partial charge in [-0.25, -0.2) is 18.4 Å². The van der Waals surface area contributed by atoms with Crippen molar-refractivity contribution >= 4 is 32.1 Å². The minimum atomic E-state index is -3.60. The molecule has 4 aromatic heterocycles. The lowest BCUT2D eigenvalue weighted by Gasteiger charge is -2.32. The molecule has 5 heterocycles. The van der Waals surface area contributed by atoms with Gasteiger partial charge in [-0.3, -0.25) is 0 Å². The predicted molar refractivity (Wildman–Crippen MR) is 102 cm³/mol. The van der Waals surface area contributed by atoms with Crippen LogP contribution < -0.4 is 0 Å². The number of hydrogen-bond donors (Lipinski definition) is 1. The van der Waals surface area contributed by atoms with Crippen LogP contribution in [0.5, 0.6) is 0 Å². The first-order valence-electron chi connectivity index (χ1n) is 9.18. The number of fused-ring (bicyclic) bond motifs is 3. The van der Waals surface area contributed by atoms with Crippen molar-refractivity contribution < 1.29 is 12.9 Å². The van der Waals surface area contributed by atoms with Crippen LogP contribution in [-0.4, -0.2) is 50.5 Å². The third-order valence-corrected chi connectivity index (χ3v) is 7.64. The summed E-state index contributed by atoms with van der Waals surface area (Å²) in [6.45, 7) is 4.17. The Morgan fingerprint density at radius 3 is 2.71 bits per heavy atom. The summed E-state index contributed by atoms with van der Waals surface area (Å²) in [6.07, 6.45) is 6.89. The van der Waals surface area contributed by atoms with Crippen LogP contribution in [0.1, 0.15) is 30.3 Å². The first-order valence-corrected chi connectivity index (χ1v) is 10.6. The Kier molecular flexibility index (Phi) is 3.81. The largest absolute Gasteiger partial charge is 0.360 e. The van der Waals surface area contributed by atoms with Gasteiger partial charge < -0.3 is 14.1 Å². The molecular formula is C18H20N6O3S. The topological polar surface area (TPSA) is 110 Å². The van der Waals surface area contributed by atoms with Crippen molar-refractivity contribution in [2.45, 2.75) is 37.6 Å². The van der Waals surface area contributed by atoms with Gasteiger partial charge in [0, 0.05) is 30.7 Å². The van der Waals surface area contributed by atoms with Gasteiger partial charge in [0.05, 0.1) is 18.0 Å². The smallest absolute Gasteiger partial charge is 0.248 e. The van der Waals surface area contributed by atoms with E-state index in [-0.39, 0.29) is 10.9 Å². The maximum atomic E-state index is 13.0. The van der Waals surface area contributed by atoms with Gasteiger partial charge in [-0.05, 0) is 32.8 Å². The van der Waals surface area contributed by atoms with E-state index in [1.807, 2.05) is 18.6 Å². The average molecular weight is 400 g/mol. The van der Waals surface area contributed by atoms with E-state index in [1.165, 1.54) is 4.31 Å². The molecule has 0 radical (unpaired) electrons. The summed E-state index contributed by atoms with van der Waals surface area (Å²) in [5, 5.41) is 4.82. The van der Waals surface area contributed by atoms with Crippen molar-refractivity contribution in [1.29, 1.82) is 0 Å². The molecule has 0 unspecified atom stereocenters. The Morgan fingerprint density at radius 1 is 1.21 bits per heavy atom. The molecule has 1 aliphatic heterocycles. The lowest BCUT2D eigenvalue weighted by molar-refractivity contribution is 0.277. The Balaban J connectivity index is 1.44. The van der Waals surface area contributed by atoms with Crippen molar-refractivity contribution in [3.05, 3.63) is 36.2 Å².